The molecule has 0 amide bonds. The van der Waals surface area contributed by atoms with Gasteiger partial charge in [0, 0.05) is 31.8 Å². The maximum atomic E-state index is 5.78. The van der Waals surface area contributed by atoms with E-state index in [4.69, 9.17) is 14.1 Å². The summed E-state index contributed by atoms with van der Waals surface area (Å²) in [6, 6.07) is 4.34. The molecule has 2 N–H and O–H groups in total. The lowest BCUT2D eigenvalue weighted by molar-refractivity contribution is -0.0139. The highest BCUT2D eigenvalue weighted by Crippen LogP contribution is 2.31. The van der Waals surface area contributed by atoms with Crippen molar-refractivity contribution in [1.82, 2.24) is 20.4 Å². The second kappa shape index (κ2) is 10.6. The molecule has 3 fully saturated rings. The summed E-state index contributed by atoms with van der Waals surface area (Å²) < 4.78 is 11.5. The van der Waals surface area contributed by atoms with Crippen LogP contribution in [0.15, 0.2) is 27.8 Å². The molecule has 4 heterocycles. The summed E-state index contributed by atoms with van der Waals surface area (Å²) in [4.78, 5) is 10.3. The predicted molar refractivity (Wildman–Crippen MR) is 120 cm³/mol. The summed E-state index contributed by atoms with van der Waals surface area (Å²) >= 11 is 0. The van der Waals surface area contributed by atoms with Crippen molar-refractivity contribution < 1.29 is 9.15 Å². The summed E-state index contributed by atoms with van der Waals surface area (Å²) in [5.41, 5.74) is 0.159. The van der Waals surface area contributed by atoms with E-state index in [-0.39, 0.29) is 11.6 Å². The molecule has 0 aliphatic carbocycles. The van der Waals surface area contributed by atoms with Crippen LogP contribution in [-0.4, -0.2) is 80.3 Å². The Morgan fingerprint density at radius 1 is 1.10 bits per heavy atom. The molecule has 0 saturated carbocycles. The van der Waals surface area contributed by atoms with Gasteiger partial charge in [-0.05, 0) is 83.8 Å². The highest BCUT2D eigenvalue weighted by Gasteiger charge is 2.39. The summed E-state index contributed by atoms with van der Waals surface area (Å²) in [5, 5.41) is 7.08. The first kappa shape index (κ1) is 21.7. The number of nitrogens with zero attached hydrogens (tertiary/aromatic N) is 3. The Kier molecular flexibility index (Phi) is 7.68. The third-order valence-corrected chi connectivity index (χ3v) is 6.99. The molecule has 3 saturated heterocycles. The number of hydrogen-bond donors (Lipinski definition) is 2. The van der Waals surface area contributed by atoms with E-state index in [0.717, 1.165) is 70.5 Å². The first-order valence-corrected chi connectivity index (χ1v) is 11.9. The number of rotatable bonds is 8. The molecular weight excluding hydrogens is 378 g/mol. The van der Waals surface area contributed by atoms with E-state index < -0.39 is 0 Å². The summed E-state index contributed by atoms with van der Waals surface area (Å²) in [6.45, 7) is 11.0. The fourth-order valence-electron chi connectivity index (χ4n) is 5.22. The fraction of sp³-hybridized carbons (Fsp3) is 0.783. The minimum Gasteiger partial charge on any atom is -0.468 e. The molecule has 0 bridgehead atoms. The second-order valence-corrected chi connectivity index (χ2v) is 8.88. The molecule has 30 heavy (non-hydrogen) atoms. The van der Waals surface area contributed by atoms with E-state index in [9.17, 15) is 0 Å². The van der Waals surface area contributed by atoms with E-state index >= 15 is 0 Å². The van der Waals surface area contributed by atoms with Crippen LogP contribution >= 0.6 is 0 Å². The number of nitrogens with one attached hydrogen (secondary N) is 2. The van der Waals surface area contributed by atoms with Crippen molar-refractivity contribution in [3.05, 3.63) is 24.2 Å². The third-order valence-electron chi connectivity index (χ3n) is 6.99. The molecule has 1 atom stereocenters. The Morgan fingerprint density at radius 2 is 1.83 bits per heavy atom. The Morgan fingerprint density at radius 3 is 2.50 bits per heavy atom. The maximum absolute atomic E-state index is 5.78. The monoisotopic (exact) mass is 417 g/mol. The number of aliphatic imine (C=N–C) groups is 1. The highest BCUT2D eigenvalue weighted by molar-refractivity contribution is 5.79. The van der Waals surface area contributed by atoms with E-state index in [1.807, 2.05) is 6.07 Å². The van der Waals surface area contributed by atoms with Crippen LogP contribution in [-0.2, 0) is 4.74 Å². The molecular formula is C23H39N5O2. The van der Waals surface area contributed by atoms with Gasteiger partial charge in [0.15, 0.2) is 5.96 Å². The van der Waals surface area contributed by atoms with Gasteiger partial charge in [-0.1, -0.05) is 0 Å². The molecule has 3 aliphatic heterocycles. The maximum Gasteiger partial charge on any atom is 0.191 e. The standard InChI is InChI=1S/C23H39N5O2/c1-2-24-22(25-18-20(21-8-7-15-30-21)27-11-3-4-12-27)26-19-23(9-16-29-17-10-23)28-13-5-6-14-28/h7-8,15,20H,2-6,9-14,16-19H2,1H3,(H2,24,25,26). The fourth-order valence-corrected chi connectivity index (χ4v) is 5.22. The lowest BCUT2D eigenvalue weighted by Crippen LogP contribution is -2.54. The number of ether oxygens (including phenoxy) is 1. The van der Waals surface area contributed by atoms with Gasteiger partial charge < -0.3 is 19.8 Å². The molecule has 168 valence electrons. The molecule has 3 aliphatic rings. The SMILES string of the molecule is CCNC(=NCC1(N2CCCC2)CCOCC1)NCC(c1ccco1)N1CCCC1. The van der Waals surface area contributed by atoms with Crippen molar-refractivity contribution in [2.24, 2.45) is 4.99 Å². The van der Waals surface area contributed by atoms with Crippen LogP contribution in [0.4, 0.5) is 0 Å². The number of hydrogen-bond acceptors (Lipinski definition) is 5. The third kappa shape index (κ3) is 5.18. The lowest BCUT2D eigenvalue weighted by atomic mass is 9.88. The van der Waals surface area contributed by atoms with Gasteiger partial charge in [0.05, 0.1) is 18.8 Å². The summed E-state index contributed by atoms with van der Waals surface area (Å²) in [6.07, 6.45) is 9.11. The molecule has 1 aromatic rings. The van der Waals surface area contributed by atoms with Crippen LogP contribution in [0.25, 0.3) is 0 Å². The molecule has 7 nitrogen and oxygen atoms in total. The summed E-state index contributed by atoms with van der Waals surface area (Å²) in [5.74, 6) is 1.96. The van der Waals surface area contributed by atoms with Gasteiger partial charge in [-0.15, -0.1) is 0 Å². The Bertz CT molecular complexity index is 645. The van der Waals surface area contributed by atoms with Crippen LogP contribution in [0.1, 0.15) is 57.3 Å². The van der Waals surface area contributed by atoms with Gasteiger partial charge in [-0.3, -0.25) is 14.8 Å². The zero-order chi connectivity index (χ0) is 20.7. The van der Waals surface area contributed by atoms with Crippen molar-refractivity contribution >= 4 is 5.96 Å². The quantitative estimate of drug-likeness (QED) is 0.501. The number of guanidine groups is 1. The first-order valence-electron chi connectivity index (χ1n) is 11.9. The van der Waals surface area contributed by atoms with Crippen LogP contribution in [0.5, 0.6) is 0 Å². The van der Waals surface area contributed by atoms with Crippen LogP contribution in [0, 0.1) is 0 Å². The van der Waals surface area contributed by atoms with Crippen LogP contribution < -0.4 is 10.6 Å². The molecule has 1 aromatic heterocycles. The minimum atomic E-state index is 0.159. The van der Waals surface area contributed by atoms with Crippen molar-refractivity contribution in [1.29, 1.82) is 0 Å². The van der Waals surface area contributed by atoms with Crippen molar-refractivity contribution in [3.63, 3.8) is 0 Å². The molecule has 0 spiro atoms. The summed E-state index contributed by atoms with van der Waals surface area (Å²) in [7, 11) is 0. The van der Waals surface area contributed by atoms with Gasteiger partial charge in [0.2, 0.25) is 0 Å². The zero-order valence-corrected chi connectivity index (χ0v) is 18.6. The molecule has 0 aromatic carbocycles. The number of likely N-dealkylation sites (tertiary alicyclic amines) is 2. The van der Waals surface area contributed by atoms with Gasteiger partial charge in [-0.2, -0.15) is 0 Å². The average Bonchev–Trinajstić information content (AvgIpc) is 3.56. The predicted octanol–water partition coefficient (Wildman–Crippen LogP) is 2.62. The smallest absolute Gasteiger partial charge is 0.191 e. The van der Waals surface area contributed by atoms with Gasteiger partial charge in [0.25, 0.3) is 0 Å². The average molecular weight is 418 g/mol. The molecule has 4 rings (SSSR count). The zero-order valence-electron chi connectivity index (χ0n) is 18.6. The Labute approximate surface area is 181 Å². The molecule has 7 heteroatoms. The lowest BCUT2D eigenvalue weighted by Gasteiger charge is -2.43. The number of furan rings is 1. The normalized spacial score (nSPS) is 24.2. The highest BCUT2D eigenvalue weighted by atomic mass is 16.5. The van der Waals surface area contributed by atoms with Crippen molar-refractivity contribution in [3.8, 4) is 0 Å². The van der Waals surface area contributed by atoms with E-state index in [0.29, 0.717) is 0 Å². The van der Waals surface area contributed by atoms with Crippen LogP contribution in [0.2, 0.25) is 0 Å². The molecule has 1 unspecified atom stereocenters. The van der Waals surface area contributed by atoms with Crippen molar-refractivity contribution in [2.75, 3.05) is 59.0 Å². The van der Waals surface area contributed by atoms with Gasteiger partial charge in [0.1, 0.15) is 5.76 Å². The van der Waals surface area contributed by atoms with E-state index in [1.54, 1.807) is 6.26 Å². The van der Waals surface area contributed by atoms with Crippen molar-refractivity contribution in [2.45, 2.75) is 57.0 Å². The van der Waals surface area contributed by atoms with Gasteiger partial charge >= 0.3 is 0 Å². The second-order valence-electron chi connectivity index (χ2n) is 8.88. The van der Waals surface area contributed by atoms with Crippen LogP contribution in [0.3, 0.4) is 0 Å². The largest absolute Gasteiger partial charge is 0.468 e. The topological polar surface area (TPSA) is 65.3 Å². The Balaban J connectivity index is 1.43. The van der Waals surface area contributed by atoms with E-state index in [2.05, 4.69) is 33.4 Å². The molecule has 0 radical (unpaired) electrons. The minimum absolute atomic E-state index is 0.159. The first-order chi connectivity index (χ1) is 14.8. The Hall–Kier alpha value is -1.57. The van der Waals surface area contributed by atoms with E-state index in [1.165, 1.54) is 38.8 Å². The van der Waals surface area contributed by atoms with Gasteiger partial charge in [-0.25, -0.2) is 0 Å².